The minimum atomic E-state index is -0.171. The number of thiazole rings is 1. The van der Waals surface area contributed by atoms with E-state index in [4.69, 9.17) is 11.6 Å². The molecule has 0 aromatic carbocycles. The minimum Gasteiger partial charge on any atom is -0.352 e. The molecule has 6 nitrogen and oxygen atoms in total. The molecular weight excluding hydrogens is 310 g/mol. The first-order valence-corrected chi connectivity index (χ1v) is 7.54. The van der Waals surface area contributed by atoms with E-state index in [1.165, 1.54) is 17.4 Å². The van der Waals surface area contributed by atoms with Gasteiger partial charge in [0.2, 0.25) is 5.91 Å². The third-order valence-electron chi connectivity index (χ3n) is 2.90. The molecule has 3 heterocycles. The van der Waals surface area contributed by atoms with Gasteiger partial charge in [0.1, 0.15) is 0 Å². The lowest BCUT2D eigenvalue weighted by atomic mass is 10.3. The molecule has 3 aromatic rings. The Balaban J connectivity index is 1.59. The zero-order chi connectivity index (χ0) is 14.7. The Labute approximate surface area is 129 Å². The molecule has 0 radical (unpaired) electrons. The van der Waals surface area contributed by atoms with Crippen molar-refractivity contribution in [2.75, 3.05) is 6.54 Å². The summed E-state index contributed by atoms with van der Waals surface area (Å²) in [7, 11) is 0. The number of nitrogens with one attached hydrogen (secondary N) is 2. The average molecular weight is 322 g/mol. The van der Waals surface area contributed by atoms with Gasteiger partial charge in [-0.25, -0.2) is 9.97 Å². The maximum Gasteiger partial charge on any atom is 0.244 e. The Morgan fingerprint density at radius 2 is 2.48 bits per heavy atom. The Bertz CT molecular complexity index is 774. The van der Waals surface area contributed by atoms with Crippen LogP contribution in [0.5, 0.6) is 0 Å². The average Bonchev–Trinajstić information content (AvgIpc) is 3.15. The molecule has 0 unspecified atom stereocenters. The molecule has 0 aliphatic heterocycles. The van der Waals surface area contributed by atoms with E-state index < -0.39 is 0 Å². The van der Waals surface area contributed by atoms with Gasteiger partial charge < -0.3 is 10.3 Å². The largest absolute Gasteiger partial charge is 0.352 e. The molecule has 3 aromatic heterocycles. The van der Waals surface area contributed by atoms with Crippen molar-refractivity contribution in [1.29, 1.82) is 0 Å². The van der Waals surface area contributed by atoms with Crippen molar-refractivity contribution in [2.45, 2.75) is 6.42 Å². The highest BCUT2D eigenvalue weighted by Gasteiger charge is 2.08. The van der Waals surface area contributed by atoms with Crippen LogP contribution >= 0.6 is 22.9 Å². The molecule has 0 saturated heterocycles. The van der Waals surface area contributed by atoms with Gasteiger partial charge in [0, 0.05) is 42.5 Å². The summed E-state index contributed by atoms with van der Waals surface area (Å²) < 4.78 is 1.85. The highest BCUT2D eigenvalue weighted by atomic mass is 35.5. The number of nitrogens with zero attached hydrogens (tertiary/aromatic N) is 3. The SMILES string of the molecule is O=C(C=Cc1c(Cl)nc2sccn12)NCCc1cnc[nH]1. The fourth-order valence-electron chi connectivity index (χ4n) is 1.88. The van der Waals surface area contributed by atoms with Crippen LogP contribution in [0.4, 0.5) is 0 Å². The molecule has 0 aliphatic carbocycles. The maximum atomic E-state index is 11.8. The summed E-state index contributed by atoms with van der Waals surface area (Å²) in [5.74, 6) is -0.171. The molecule has 1 amide bonds. The Hall–Kier alpha value is -2.12. The van der Waals surface area contributed by atoms with Gasteiger partial charge in [-0.2, -0.15) is 0 Å². The number of hydrogen-bond acceptors (Lipinski definition) is 4. The van der Waals surface area contributed by atoms with E-state index >= 15 is 0 Å². The van der Waals surface area contributed by atoms with Crippen molar-refractivity contribution in [3.8, 4) is 0 Å². The standard InChI is InChI=1S/C13H12ClN5OS/c14-12-10(19-5-6-21-13(19)18-12)1-2-11(20)16-4-3-9-7-15-8-17-9/h1-2,5-8H,3-4H2,(H,15,17)(H,16,20). The second-order valence-corrected chi connectivity index (χ2v) is 5.53. The number of carbonyl (C=O) groups is 1. The number of hydrogen-bond donors (Lipinski definition) is 2. The lowest BCUT2D eigenvalue weighted by Crippen LogP contribution is -2.23. The van der Waals surface area contributed by atoms with E-state index in [1.807, 2.05) is 16.0 Å². The predicted molar refractivity (Wildman–Crippen MR) is 82.4 cm³/mol. The monoisotopic (exact) mass is 321 g/mol. The van der Waals surface area contributed by atoms with Crippen LogP contribution in [0.15, 0.2) is 30.2 Å². The van der Waals surface area contributed by atoms with E-state index in [0.29, 0.717) is 23.8 Å². The van der Waals surface area contributed by atoms with Gasteiger partial charge in [0.05, 0.1) is 12.0 Å². The number of carbonyl (C=O) groups excluding carboxylic acids is 1. The highest BCUT2D eigenvalue weighted by molar-refractivity contribution is 7.15. The zero-order valence-corrected chi connectivity index (χ0v) is 12.5. The van der Waals surface area contributed by atoms with Gasteiger partial charge in [-0.05, 0) is 6.08 Å². The topological polar surface area (TPSA) is 75.1 Å². The molecule has 0 fully saturated rings. The summed E-state index contributed by atoms with van der Waals surface area (Å²) in [5, 5.41) is 5.11. The molecule has 108 valence electrons. The van der Waals surface area contributed by atoms with E-state index in [9.17, 15) is 4.79 Å². The number of aromatic nitrogens is 4. The van der Waals surface area contributed by atoms with E-state index in [1.54, 1.807) is 18.6 Å². The van der Waals surface area contributed by atoms with E-state index in [2.05, 4.69) is 20.3 Å². The van der Waals surface area contributed by atoms with Gasteiger partial charge in [0.15, 0.2) is 10.1 Å². The van der Waals surface area contributed by atoms with Crippen LogP contribution in [0.3, 0.4) is 0 Å². The molecule has 3 rings (SSSR count). The lowest BCUT2D eigenvalue weighted by molar-refractivity contribution is -0.116. The molecule has 21 heavy (non-hydrogen) atoms. The second-order valence-electron chi connectivity index (χ2n) is 4.29. The summed E-state index contributed by atoms with van der Waals surface area (Å²) in [6, 6.07) is 0. The smallest absolute Gasteiger partial charge is 0.244 e. The molecule has 0 bridgehead atoms. The summed E-state index contributed by atoms with van der Waals surface area (Å²) in [6.07, 6.45) is 9.06. The van der Waals surface area contributed by atoms with Crippen molar-refractivity contribution in [3.05, 3.63) is 46.7 Å². The lowest BCUT2D eigenvalue weighted by Gasteiger charge is -2.00. The normalized spacial score (nSPS) is 11.5. The quantitative estimate of drug-likeness (QED) is 0.707. The molecular formula is C13H12ClN5OS. The molecule has 2 N–H and O–H groups in total. The van der Waals surface area contributed by atoms with Crippen molar-refractivity contribution in [2.24, 2.45) is 0 Å². The summed E-state index contributed by atoms with van der Waals surface area (Å²) in [5.41, 5.74) is 1.69. The summed E-state index contributed by atoms with van der Waals surface area (Å²) in [4.78, 5) is 23.7. The Morgan fingerprint density at radius 3 is 3.29 bits per heavy atom. The first-order valence-electron chi connectivity index (χ1n) is 6.28. The van der Waals surface area contributed by atoms with Crippen molar-refractivity contribution < 1.29 is 4.79 Å². The van der Waals surface area contributed by atoms with Crippen LogP contribution in [-0.2, 0) is 11.2 Å². The predicted octanol–water partition coefficient (Wildman–Crippen LogP) is 2.14. The number of amides is 1. The van der Waals surface area contributed by atoms with Crippen LogP contribution in [0.25, 0.3) is 11.0 Å². The first kappa shape index (κ1) is 13.8. The molecule has 0 spiro atoms. The first-order chi connectivity index (χ1) is 10.2. The van der Waals surface area contributed by atoms with Gasteiger partial charge in [-0.1, -0.05) is 11.6 Å². The zero-order valence-electron chi connectivity index (χ0n) is 10.9. The number of H-pyrrole nitrogens is 1. The van der Waals surface area contributed by atoms with E-state index in [0.717, 1.165) is 10.7 Å². The van der Waals surface area contributed by atoms with Gasteiger partial charge in [-0.15, -0.1) is 11.3 Å². The summed E-state index contributed by atoms with van der Waals surface area (Å²) >= 11 is 7.54. The van der Waals surface area contributed by atoms with Crippen molar-refractivity contribution in [1.82, 2.24) is 24.7 Å². The Morgan fingerprint density at radius 1 is 1.57 bits per heavy atom. The molecule has 0 atom stereocenters. The van der Waals surface area contributed by atoms with E-state index in [-0.39, 0.29) is 5.91 Å². The highest BCUT2D eigenvalue weighted by Crippen LogP contribution is 2.22. The van der Waals surface area contributed by atoms with Gasteiger partial charge in [-0.3, -0.25) is 9.20 Å². The second kappa shape index (κ2) is 6.11. The summed E-state index contributed by atoms with van der Waals surface area (Å²) in [6.45, 7) is 0.541. The maximum absolute atomic E-state index is 11.8. The van der Waals surface area contributed by atoms with Gasteiger partial charge in [0.25, 0.3) is 0 Å². The fourth-order valence-corrected chi connectivity index (χ4v) is 2.89. The molecule has 0 saturated carbocycles. The van der Waals surface area contributed by atoms with Crippen LogP contribution in [-0.4, -0.2) is 31.8 Å². The number of imidazole rings is 2. The number of fused-ring (bicyclic) bond motifs is 1. The van der Waals surface area contributed by atoms with Gasteiger partial charge >= 0.3 is 0 Å². The van der Waals surface area contributed by atoms with Crippen LogP contribution < -0.4 is 5.32 Å². The van der Waals surface area contributed by atoms with Crippen molar-refractivity contribution >= 4 is 39.9 Å². The third kappa shape index (κ3) is 3.14. The molecule has 0 aliphatic rings. The number of halogens is 1. The molecule has 8 heteroatoms. The third-order valence-corrected chi connectivity index (χ3v) is 3.93. The van der Waals surface area contributed by atoms with Crippen LogP contribution in [0.2, 0.25) is 5.15 Å². The van der Waals surface area contributed by atoms with Crippen LogP contribution in [0.1, 0.15) is 11.4 Å². The van der Waals surface area contributed by atoms with Crippen LogP contribution in [0, 0.1) is 0 Å². The number of aromatic amines is 1. The number of rotatable bonds is 5. The minimum absolute atomic E-state index is 0.171. The fraction of sp³-hybridized carbons (Fsp3) is 0.154. The Kier molecular flexibility index (Phi) is 4.03. The van der Waals surface area contributed by atoms with Crippen molar-refractivity contribution in [3.63, 3.8) is 0 Å².